The number of ether oxygens (including phenoxy) is 2. The minimum absolute atomic E-state index is 0.240. The summed E-state index contributed by atoms with van der Waals surface area (Å²) in [4.78, 5) is 13.6. The number of esters is 1. The number of carbonyl (C=O) groups excluding carboxylic acids is 1. The van der Waals surface area contributed by atoms with Crippen molar-refractivity contribution in [3.05, 3.63) is 72.8 Å². The summed E-state index contributed by atoms with van der Waals surface area (Å²) in [6, 6.07) is 22.1. The maximum Gasteiger partial charge on any atom is 0.343 e. The molecular weight excluding hydrogens is 448 g/mol. The lowest BCUT2D eigenvalue weighted by Gasteiger charge is -2.05. The van der Waals surface area contributed by atoms with Gasteiger partial charge in [0.2, 0.25) is 5.88 Å². The fraction of sp³-hybridized carbons (Fsp3) is 0.130. The molecule has 0 radical (unpaired) electrons. The summed E-state index contributed by atoms with van der Waals surface area (Å²) in [6.07, 6.45) is 1.19. The second-order valence-corrected chi connectivity index (χ2v) is 10.0. The van der Waals surface area contributed by atoms with E-state index >= 15 is 0 Å². The van der Waals surface area contributed by atoms with Crippen molar-refractivity contribution >= 4 is 27.1 Å². The first kappa shape index (κ1) is 21.8. The third-order valence-electron chi connectivity index (χ3n) is 4.66. The number of carbonyl (C=O) groups is 1. The van der Waals surface area contributed by atoms with Crippen molar-refractivity contribution in [2.24, 2.45) is 0 Å². The van der Waals surface area contributed by atoms with E-state index in [1.165, 1.54) is 24.7 Å². The summed E-state index contributed by atoms with van der Waals surface area (Å²) in [5.41, 5.74) is 2.44. The van der Waals surface area contributed by atoms with Crippen molar-refractivity contribution in [1.29, 1.82) is 0 Å². The number of methoxy groups -OCH3 is 1. The zero-order valence-corrected chi connectivity index (χ0v) is 19.0. The molecule has 9 heteroatoms. The van der Waals surface area contributed by atoms with Crippen LogP contribution in [0.4, 0.5) is 0 Å². The molecule has 0 amide bonds. The summed E-state index contributed by atoms with van der Waals surface area (Å²) in [7, 11) is -2.00. The molecule has 0 unspecified atom stereocenters. The number of hydrogen-bond acceptors (Lipinski definition) is 7. The number of benzene rings is 2. The van der Waals surface area contributed by atoms with Gasteiger partial charge in [0.05, 0.1) is 28.3 Å². The predicted molar refractivity (Wildman–Crippen MR) is 123 cm³/mol. The van der Waals surface area contributed by atoms with Gasteiger partial charge in [-0.2, -0.15) is 0 Å². The average Bonchev–Trinajstić information content (AvgIpc) is 3.45. The number of hydrogen-bond donors (Lipinski definition) is 0. The number of thiophene rings is 1. The Balaban J connectivity index is 1.73. The SMILES string of the molecule is COC(=O)COc1cc(-c2ccc(-c3cccc(S(C)(=O)=O)c3)s2)n(-c2ccccc2)n1. The van der Waals surface area contributed by atoms with Gasteiger partial charge in [-0.3, -0.25) is 0 Å². The number of aromatic nitrogens is 2. The van der Waals surface area contributed by atoms with E-state index in [1.54, 1.807) is 28.9 Å². The standard InChI is InChI=1S/C23H20N2O5S2/c1-29-23(26)15-30-22-14-19(25(24-22)17-8-4-3-5-9-17)21-12-11-20(31-21)16-7-6-10-18(13-16)32(2,27)28/h3-14H,15H2,1-2H3. The largest absolute Gasteiger partial charge is 0.466 e. The van der Waals surface area contributed by atoms with Crippen LogP contribution in [-0.4, -0.2) is 44.1 Å². The second kappa shape index (κ2) is 8.97. The molecule has 4 aromatic rings. The lowest BCUT2D eigenvalue weighted by atomic mass is 10.2. The average molecular weight is 469 g/mol. The Kier molecular flexibility index (Phi) is 6.11. The van der Waals surface area contributed by atoms with E-state index in [1.807, 2.05) is 48.5 Å². The predicted octanol–water partition coefficient (Wildman–Crippen LogP) is 4.22. The Morgan fingerprint density at radius 1 is 1.00 bits per heavy atom. The van der Waals surface area contributed by atoms with Crippen LogP contribution in [0.3, 0.4) is 0 Å². The van der Waals surface area contributed by atoms with E-state index in [4.69, 9.17) is 4.74 Å². The van der Waals surface area contributed by atoms with E-state index in [0.717, 1.165) is 26.7 Å². The molecule has 0 aliphatic heterocycles. The second-order valence-electron chi connectivity index (χ2n) is 6.94. The lowest BCUT2D eigenvalue weighted by Crippen LogP contribution is -2.12. The van der Waals surface area contributed by atoms with Gasteiger partial charge in [0.15, 0.2) is 16.4 Å². The summed E-state index contributed by atoms with van der Waals surface area (Å²) in [5.74, 6) is -0.201. The topological polar surface area (TPSA) is 87.5 Å². The molecule has 0 fully saturated rings. The summed E-state index contributed by atoms with van der Waals surface area (Å²) in [5, 5.41) is 4.51. The zero-order valence-electron chi connectivity index (χ0n) is 17.4. The van der Waals surface area contributed by atoms with Crippen molar-refractivity contribution in [1.82, 2.24) is 9.78 Å². The Hall–Kier alpha value is -3.43. The molecule has 0 aliphatic carbocycles. The van der Waals surface area contributed by atoms with E-state index in [0.29, 0.717) is 5.88 Å². The summed E-state index contributed by atoms with van der Waals surface area (Å²) >= 11 is 1.51. The monoisotopic (exact) mass is 468 g/mol. The van der Waals surface area contributed by atoms with Crippen molar-refractivity contribution in [2.75, 3.05) is 20.0 Å². The van der Waals surface area contributed by atoms with Crippen molar-refractivity contribution in [3.8, 4) is 32.6 Å². The van der Waals surface area contributed by atoms with Crippen LogP contribution in [0.5, 0.6) is 5.88 Å². The highest BCUT2D eigenvalue weighted by molar-refractivity contribution is 7.90. The van der Waals surface area contributed by atoms with Crippen molar-refractivity contribution in [3.63, 3.8) is 0 Å². The van der Waals surface area contributed by atoms with Gasteiger partial charge in [-0.25, -0.2) is 17.9 Å². The van der Waals surface area contributed by atoms with Crippen LogP contribution in [0.1, 0.15) is 0 Å². The van der Waals surface area contributed by atoms with Crippen LogP contribution in [0.15, 0.2) is 77.7 Å². The molecule has 0 bridgehead atoms. The Labute approximate surface area is 189 Å². The molecule has 0 N–H and O–H groups in total. The van der Waals surface area contributed by atoms with Gasteiger partial charge >= 0.3 is 5.97 Å². The first-order chi connectivity index (χ1) is 15.3. The maximum atomic E-state index is 11.9. The normalized spacial score (nSPS) is 11.3. The Morgan fingerprint density at radius 2 is 1.75 bits per heavy atom. The van der Waals surface area contributed by atoms with Gasteiger partial charge in [-0.15, -0.1) is 16.4 Å². The first-order valence-electron chi connectivity index (χ1n) is 9.61. The molecule has 2 aromatic heterocycles. The van der Waals surface area contributed by atoms with Gasteiger partial charge < -0.3 is 9.47 Å². The highest BCUT2D eigenvalue weighted by Crippen LogP contribution is 2.37. The van der Waals surface area contributed by atoms with Gasteiger partial charge in [0.25, 0.3) is 0 Å². The van der Waals surface area contributed by atoms with Crippen LogP contribution in [0.2, 0.25) is 0 Å². The molecule has 4 rings (SSSR count). The highest BCUT2D eigenvalue weighted by Gasteiger charge is 2.17. The summed E-state index contributed by atoms with van der Waals surface area (Å²) in [6.45, 7) is -0.240. The molecule has 2 aromatic carbocycles. The molecule has 0 saturated carbocycles. The van der Waals surface area contributed by atoms with Gasteiger partial charge in [-0.05, 0) is 42.0 Å². The lowest BCUT2D eigenvalue weighted by molar-refractivity contribution is -0.143. The van der Waals surface area contributed by atoms with Crippen molar-refractivity contribution < 1.29 is 22.7 Å². The number of para-hydroxylation sites is 1. The van der Waals surface area contributed by atoms with Gasteiger partial charge in [0, 0.05) is 17.2 Å². The van der Waals surface area contributed by atoms with Crippen LogP contribution < -0.4 is 4.74 Å². The number of rotatable bonds is 7. The molecule has 0 spiro atoms. The minimum atomic E-state index is -3.30. The Morgan fingerprint density at radius 3 is 2.47 bits per heavy atom. The summed E-state index contributed by atoms with van der Waals surface area (Å²) < 4.78 is 35.7. The molecule has 2 heterocycles. The number of nitrogens with zero attached hydrogens (tertiary/aromatic N) is 2. The molecule has 7 nitrogen and oxygen atoms in total. The van der Waals surface area contributed by atoms with Gasteiger partial charge in [0.1, 0.15) is 0 Å². The van der Waals surface area contributed by atoms with Crippen LogP contribution in [0, 0.1) is 0 Å². The van der Waals surface area contributed by atoms with E-state index in [2.05, 4.69) is 9.84 Å². The molecular formula is C23H20N2O5S2. The third kappa shape index (κ3) is 4.74. The molecule has 0 saturated heterocycles. The van der Waals surface area contributed by atoms with Crippen LogP contribution >= 0.6 is 11.3 Å². The van der Waals surface area contributed by atoms with E-state index in [-0.39, 0.29) is 11.5 Å². The molecule has 0 aliphatic rings. The van der Waals surface area contributed by atoms with Crippen molar-refractivity contribution in [2.45, 2.75) is 4.90 Å². The zero-order chi connectivity index (χ0) is 22.7. The highest BCUT2D eigenvalue weighted by atomic mass is 32.2. The number of sulfone groups is 1. The molecule has 0 atom stereocenters. The first-order valence-corrected chi connectivity index (χ1v) is 12.3. The fourth-order valence-corrected chi connectivity index (χ4v) is 4.74. The Bertz CT molecular complexity index is 1360. The minimum Gasteiger partial charge on any atom is -0.466 e. The quantitative estimate of drug-likeness (QED) is 0.378. The van der Waals surface area contributed by atoms with E-state index < -0.39 is 15.8 Å². The molecule has 32 heavy (non-hydrogen) atoms. The smallest absolute Gasteiger partial charge is 0.343 e. The van der Waals surface area contributed by atoms with Gasteiger partial charge in [-0.1, -0.05) is 30.3 Å². The molecule has 164 valence electrons. The maximum absolute atomic E-state index is 11.9. The fourth-order valence-electron chi connectivity index (χ4n) is 3.07. The third-order valence-corrected chi connectivity index (χ3v) is 6.93. The van der Waals surface area contributed by atoms with E-state index in [9.17, 15) is 13.2 Å². The van der Waals surface area contributed by atoms with Crippen LogP contribution in [-0.2, 0) is 19.4 Å². The van der Waals surface area contributed by atoms with Crippen LogP contribution in [0.25, 0.3) is 26.7 Å².